The summed E-state index contributed by atoms with van der Waals surface area (Å²) < 4.78 is 4.05. The van der Waals surface area contributed by atoms with Crippen LogP contribution in [0.1, 0.15) is 5.82 Å². The highest BCUT2D eigenvalue weighted by atomic mass is 79.9. The molecule has 0 saturated carbocycles. The van der Waals surface area contributed by atoms with E-state index in [2.05, 4.69) is 62.6 Å². The lowest BCUT2D eigenvalue weighted by Gasteiger charge is -2.10. The quantitative estimate of drug-likeness (QED) is 0.482. The van der Waals surface area contributed by atoms with Crippen LogP contribution in [0, 0.1) is 0 Å². The topological polar surface area (TPSA) is 30.7 Å². The van der Waals surface area contributed by atoms with E-state index >= 15 is 0 Å². The SMILES string of the molecule is BrCc1nnc(-c2cc(Br)cc(Br)c2)n1-c1ccccc1. The van der Waals surface area contributed by atoms with Crippen LogP contribution >= 0.6 is 47.8 Å². The fraction of sp³-hybridized carbons (Fsp3) is 0.0667. The summed E-state index contributed by atoms with van der Waals surface area (Å²) in [4.78, 5) is 0. The van der Waals surface area contributed by atoms with Crippen LogP contribution in [0.5, 0.6) is 0 Å². The fourth-order valence-corrected chi connectivity index (χ4v) is 3.78. The van der Waals surface area contributed by atoms with E-state index in [0.717, 1.165) is 31.8 Å². The molecular formula is C15H10Br3N3. The molecule has 0 N–H and O–H groups in total. The molecule has 1 aromatic heterocycles. The Morgan fingerprint density at radius 2 is 1.57 bits per heavy atom. The maximum absolute atomic E-state index is 4.36. The summed E-state index contributed by atoms with van der Waals surface area (Å²) in [6.07, 6.45) is 0. The Hall–Kier alpha value is -0.980. The molecule has 0 bridgehead atoms. The van der Waals surface area contributed by atoms with Gasteiger partial charge in [-0.25, -0.2) is 0 Å². The first-order chi connectivity index (χ1) is 10.2. The van der Waals surface area contributed by atoms with Gasteiger partial charge in [-0.3, -0.25) is 4.57 Å². The Bertz CT molecular complexity index is 749. The van der Waals surface area contributed by atoms with Crippen molar-refractivity contribution in [2.24, 2.45) is 0 Å². The largest absolute Gasteiger partial charge is 0.278 e. The van der Waals surface area contributed by atoms with Gasteiger partial charge in [0.15, 0.2) is 5.82 Å². The number of hydrogen-bond donors (Lipinski definition) is 0. The number of nitrogens with zero attached hydrogens (tertiary/aromatic N) is 3. The standard InChI is InChI=1S/C15H10Br3N3/c16-9-14-19-20-15(10-6-11(17)8-12(18)7-10)21(14)13-4-2-1-3-5-13/h1-8H,9H2. The molecule has 106 valence electrons. The average Bonchev–Trinajstić information content (AvgIpc) is 2.91. The molecule has 0 saturated heterocycles. The van der Waals surface area contributed by atoms with Gasteiger partial charge >= 0.3 is 0 Å². The summed E-state index contributed by atoms with van der Waals surface area (Å²) in [6, 6.07) is 16.2. The van der Waals surface area contributed by atoms with Gasteiger partial charge < -0.3 is 0 Å². The molecule has 2 aromatic carbocycles. The minimum Gasteiger partial charge on any atom is -0.278 e. The van der Waals surface area contributed by atoms with E-state index in [9.17, 15) is 0 Å². The maximum atomic E-state index is 4.36. The Kier molecular flexibility index (Phi) is 4.57. The van der Waals surface area contributed by atoms with Crippen LogP contribution in [0.25, 0.3) is 17.1 Å². The molecule has 0 spiro atoms. The van der Waals surface area contributed by atoms with E-state index in [-0.39, 0.29) is 0 Å². The third-order valence-corrected chi connectivity index (χ3v) is 4.40. The zero-order valence-electron chi connectivity index (χ0n) is 10.8. The van der Waals surface area contributed by atoms with Crippen molar-refractivity contribution in [3.63, 3.8) is 0 Å². The van der Waals surface area contributed by atoms with E-state index in [0.29, 0.717) is 5.33 Å². The molecule has 0 aliphatic heterocycles. The van der Waals surface area contributed by atoms with Crippen molar-refractivity contribution < 1.29 is 0 Å². The summed E-state index contributed by atoms with van der Waals surface area (Å²) in [5, 5.41) is 9.28. The molecule has 3 nitrogen and oxygen atoms in total. The molecular weight excluding hydrogens is 462 g/mol. The summed E-state index contributed by atoms with van der Waals surface area (Å²) in [6.45, 7) is 0. The molecule has 0 amide bonds. The first kappa shape index (κ1) is 14.9. The van der Waals surface area contributed by atoms with Gasteiger partial charge in [-0.15, -0.1) is 10.2 Å². The van der Waals surface area contributed by atoms with Crippen molar-refractivity contribution in [3.8, 4) is 17.1 Å². The van der Waals surface area contributed by atoms with Crippen LogP contribution in [-0.4, -0.2) is 14.8 Å². The van der Waals surface area contributed by atoms with Gasteiger partial charge in [-0.05, 0) is 30.3 Å². The molecule has 21 heavy (non-hydrogen) atoms. The van der Waals surface area contributed by atoms with Crippen molar-refractivity contribution in [2.75, 3.05) is 0 Å². The van der Waals surface area contributed by atoms with Crippen LogP contribution in [0.4, 0.5) is 0 Å². The lowest BCUT2D eigenvalue weighted by Crippen LogP contribution is -2.01. The lowest BCUT2D eigenvalue weighted by molar-refractivity contribution is 0.962. The number of rotatable bonds is 3. The minimum atomic E-state index is 0.643. The predicted molar refractivity (Wildman–Crippen MR) is 94.8 cm³/mol. The summed E-state index contributed by atoms with van der Waals surface area (Å²) >= 11 is 10.5. The normalized spacial score (nSPS) is 10.8. The molecule has 1 heterocycles. The third kappa shape index (κ3) is 3.12. The second kappa shape index (κ2) is 6.42. The first-order valence-corrected chi connectivity index (χ1v) is 8.92. The van der Waals surface area contributed by atoms with Crippen LogP contribution in [-0.2, 0) is 5.33 Å². The van der Waals surface area contributed by atoms with Gasteiger partial charge in [-0.2, -0.15) is 0 Å². The average molecular weight is 472 g/mol. The van der Waals surface area contributed by atoms with Gasteiger partial charge in [0, 0.05) is 20.2 Å². The summed E-state index contributed by atoms with van der Waals surface area (Å²) in [5.41, 5.74) is 2.04. The molecule has 3 aromatic rings. The first-order valence-electron chi connectivity index (χ1n) is 6.21. The number of aromatic nitrogens is 3. The van der Waals surface area contributed by atoms with E-state index in [1.807, 2.05) is 48.5 Å². The van der Waals surface area contributed by atoms with Crippen molar-refractivity contribution >= 4 is 47.8 Å². The Labute approximate surface area is 147 Å². The van der Waals surface area contributed by atoms with Gasteiger partial charge in [-0.1, -0.05) is 66.0 Å². The van der Waals surface area contributed by atoms with Crippen molar-refractivity contribution in [1.82, 2.24) is 14.8 Å². The van der Waals surface area contributed by atoms with Gasteiger partial charge in [0.05, 0.1) is 5.33 Å². The zero-order valence-corrected chi connectivity index (χ0v) is 15.6. The molecule has 0 aliphatic carbocycles. The van der Waals surface area contributed by atoms with E-state index < -0.39 is 0 Å². The molecule has 6 heteroatoms. The molecule has 0 unspecified atom stereocenters. The Balaban J connectivity index is 2.22. The predicted octanol–water partition coefficient (Wildman–Crippen LogP) is 5.35. The lowest BCUT2D eigenvalue weighted by atomic mass is 10.2. The second-order valence-corrected chi connectivity index (χ2v) is 6.79. The third-order valence-electron chi connectivity index (χ3n) is 2.98. The van der Waals surface area contributed by atoms with Gasteiger partial charge in [0.25, 0.3) is 0 Å². The van der Waals surface area contributed by atoms with Gasteiger partial charge in [0.1, 0.15) is 5.82 Å². The van der Waals surface area contributed by atoms with Crippen LogP contribution in [0.3, 0.4) is 0 Å². The Morgan fingerprint density at radius 3 is 2.19 bits per heavy atom. The van der Waals surface area contributed by atoms with Crippen LogP contribution in [0.2, 0.25) is 0 Å². The number of benzene rings is 2. The number of alkyl halides is 1. The summed E-state index contributed by atoms with van der Waals surface area (Å²) in [5.74, 6) is 1.69. The maximum Gasteiger partial charge on any atom is 0.168 e. The van der Waals surface area contributed by atoms with Crippen LogP contribution < -0.4 is 0 Å². The molecule has 0 aliphatic rings. The second-order valence-electron chi connectivity index (χ2n) is 4.40. The smallest absolute Gasteiger partial charge is 0.168 e. The number of para-hydroxylation sites is 1. The number of halogens is 3. The monoisotopic (exact) mass is 469 g/mol. The van der Waals surface area contributed by atoms with Crippen molar-refractivity contribution in [3.05, 3.63) is 63.3 Å². The van der Waals surface area contributed by atoms with Gasteiger partial charge in [0.2, 0.25) is 0 Å². The van der Waals surface area contributed by atoms with E-state index in [1.54, 1.807) is 0 Å². The molecule has 0 radical (unpaired) electrons. The number of hydrogen-bond acceptors (Lipinski definition) is 2. The molecule has 0 fully saturated rings. The van der Waals surface area contributed by atoms with Crippen LogP contribution in [0.15, 0.2) is 57.5 Å². The van der Waals surface area contributed by atoms with Crippen molar-refractivity contribution in [2.45, 2.75) is 5.33 Å². The minimum absolute atomic E-state index is 0.643. The molecule has 3 rings (SSSR count). The fourth-order valence-electron chi connectivity index (χ4n) is 2.12. The van der Waals surface area contributed by atoms with E-state index in [1.165, 1.54) is 0 Å². The summed E-state index contributed by atoms with van der Waals surface area (Å²) in [7, 11) is 0. The highest BCUT2D eigenvalue weighted by Crippen LogP contribution is 2.29. The molecule has 0 atom stereocenters. The Morgan fingerprint density at radius 1 is 0.905 bits per heavy atom. The van der Waals surface area contributed by atoms with Crippen molar-refractivity contribution in [1.29, 1.82) is 0 Å². The zero-order chi connectivity index (χ0) is 14.8. The highest BCUT2D eigenvalue weighted by Gasteiger charge is 2.15. The van der Waals surface area contributed by atoms with E-state index in [4.69, 9.17) is 0 Å². The highest BCUT2D eigenvalue weighted by molar-refractivity contribution is 9.11.